The van der Waals surface area contributed by atoms with Crippen LogP contribution in [-0.4, -0.2) is 21.8 Å². The van der Waals surface area contributed by atoms with Crippen molar-refractivity contribution in [3.63, 3.8) is 0 Å². The summed E-state index contributed by atoms with van der Waals surface area (Å²) >= 11 is 3.18. The highest BCUT2D eigenvalue weighted by Crippen LogP contribution is 2.27. The van der Waals surface area contributed by atoms with E-state index in [9.17, 15) is 9.90 Å². The van der Waals surface area contributed by atoms with Gasteiger partial charge in [-0.25, -0.2) is 0 Å². The van der Waals surface area contributed by atoms with Gasteiger partial charge in [-0.3, -0.25) is 4.79 Å². The molecule has 0 aliphatic rings. The number of ketones is 1. The molecule has 0 aliphatic carbocycles. The summed E-state index contributed by atoms with van der Waals surface area (Å²) in [5.74, 6) is 1.35. The van der Waals surface area contributed by atoms with E-state index in [4.69, 9.17) is 0 Å². The fourth-order valence-corrected chi connectivity index (χ4v) is 2.29. The highest BCUT2D eigenvalue weighted by Gasteiger charge is 2.24. The maximum atomic E-state index is 11.2. The minimum atomic E-state index is -0.542. The molecule has 1 N–H and O–H groups in total. The first-order valence-electron chi connectivity index (χ1n) is 6.62. The van der Waals surface area contributed by atoms with Gasteiger partial charge in [-0.2, -0.15) is 0 Å². The van der Waals surface area contributed by atoms with Gasteiger partial charge in [0, 0.05) is 6.42 Å². The summed E-state index contributed by atoms with van der Waals surface area (Å²) in [7, 11) is 0. The Bertz CT molecular complexity index is 226. The highest BCUT2D eigenvalue weighted by molar-refractivity contribution is 9.09. The number of aliphatic hydroxyl groups is 1. The van der Waals surface area contributed by atoms with Gasteiger partial charge in [-0.05, 0) is 38.0 Å². The molecule has 3 atom stereocenters. The second kappa shape index (κ2) is 8.25. The molecule has 0 fully saturated rings. The Morgan fingerprint density at radius 1 is 1.35 bits per heavy atom. The lowest BCUT2D eigenvalue weighted by atomic mass is 9.82. The third-order valence-corrected chi connectivity index (χ3v) is 4.38. The van der Waals surface area contributed by atoms with Gasteiger partial charge in [0.25, 0.3) is 0 Å². The zero-order valence-electron chi connectivity index (χ0n) is 11.6. The second-order valence-corrected chi connectivity index (χ2v) is 6.13. The first-order valence-corrected chi connectivity index (χ1v) is 7.74. The van der Waals surface area contributed by atoms with Crippen molar-refractivity contribution in [2.75, 3.05) is 5.33 Å². The average Bonchev–Trinajstić information content (AvgIpc) is 2.28. The van der Waals surface area contributed by atoms with Gasteiger partial charge in [0.2, 0.25) is 0 Å². The van der Waals surface area contributed by atoms with E-state index in [2.05, 4.69) is 29.8 Å². The molecule has 0 radical (unpaired) electrons. The topological polar surface area (TPSA) is 37.3 Å². The third kappa shape index (κ3) is 7.93. The fraction of sp³-hybridized carbons (Fsp3) is 0.929. The van der Waals surface area contributed by atoms with E-state index in [0.29, 0.717) is 23.6 Å². The summed E-state index contributed by atoms with van der Waals surface area (Å²) in [6, 6.07) is 0. The van der Waals surface area contributed by atoms with Crippen LogP contribution >= 0.6 is 15.9 Å². The van der Waals surface area contributed by atoms with Crippen LogP contribution in [0.5, 0.6) is 0 Å². The summed E-state index contributed by atoms with van der Waals surface area (Å²) in [6.45, 7) is 8.34. The smallest absolute Gasteiger partial charge is 0.143 e. The molecule has 102 valence electrons. The van der Waals surface area contributed by atoms with Crippen molar-refractivity contribution < 1.29 is 9.90 Å². The summed E-state index contributed by atoms with van der Waals surface area (Å²) in [5, 5.41) is 10.5. The van der Waals surface area contributed by atoms with Gasteiger partial charge in [0.1, 0.15) is 5.78 Å². The molecule has 0 aromatic carbocycles. The van der Waals surface area contributed by atoms with Crippen LogP contribution in [0.4, 0.5) is 0 Å². The third-order valence-electron chi connectivity index (χ3n) is 3.76. The Hall–Kier alpha value is 0.110. The average molecular weight is 307 g/mol. The molecule has 0 saturated heterocycles. The molecule has 3 heteroatoms. The fourth-order valence-electron chi connectivity index (χ4n) is 2.01. The molecule has 0 spiro atoms. The molecule has 0 aromatic heterocycles. The number of hydrogen-bond acceptors (Lipinski definition) is 2. The minimum absolute atomic E-state index is 0.283. The summed E-state index contributed by atoms with van der Waals surface area (Å²) in [6.07, 6.45) is 4.35. The SMILES string of the molecule is CCC(C)(O)C[C@H](C)[C@@H](C)CCCC(=O)CBr. The lowest BCUT2D eigenvalue weighted by Crippen LogP contribution is -2.28. The van der Waals surface area contributed by atoms with E-state index in [1.165, 1.54) is 0 Å². The molecule has 0 heterocycles. The van der Waals surface area contributed by atoms with Crippen molar-refractivity contribution in [2.45, 2.75) is 65.4 Å². The van der Waals surface area contributed by atoms with E-state index in [0.717, 1.165) is 25.7 Å². The van der Waals surface area contributed by atoms with E-state index >= 15 is 0 Å². The molecular weight excluding hydrogens is 280 g/mol. The van der Waals surface area contributed by atoms with Gasteiger partial charge in [-0.15, -0.1) is 0 Å². The van der Waals surface area contributed by atoms with Crippen LogP contribution in [0, 0.1) is 11.8 Å². The maximum absolute atomic E-state index is 11.2. The van der Waals surface area contributed by atoms with Gasteiger partial charge in [-0.1, -0.05) is 43.1 Å². The Kier molecular flexibility index (Phi) is 8.31. The van der Waals surface area contributed by atoms with Crippen LogP contribution < -0.4 is 0 Å². The van der Waals surface area contributed by atoms with Crippen molar-refractivity contribution in [3.8, 4) is 0 Å². The number of rotatable bonds is 9. The van der Waals surface area contributed by atoms with E-state index in [-0.39, 0.29) is 5.78 Å². The van der Waals surface area contributed by atoms with Crippen molar-refractivity contribution in [2.24, 2.45) is 11.8 Å². The summed E-state index contributed by atoms with van der Waals surface area (Å²) < 4.78 is 0. The lowest BCUT2D eigenvalue weighted by molar-refractivity contribution is -0.116. The maximum Gasteiger partial charge on any atom is 0.143 e. The van der Waals surface area contributed by atoms with Crippen LogP contribution in [0.3, 0.4) is 0 Å². The highest BCUT2D eigenvalue weighted by atomic mass is 79.9. The number of hydrogen-bond donors (Lipinski definition) is 1. The van der Waals surface area contributed by atoms with Gasteiger partial charge >= 0.3 is 0 Å². The van der Waals surface area contributed by atoms with Crippen molar-refractivity contribution in [3.05, 3.63) is 0 Å². The van der Waals surface area contributed by atoms with Crippen molar-refractivity contribution >= 4 is 21.7 Å². The Morgan fingerprint density at radius 3 is 2.41 bits per heavy atom. The molecule has 0 amide bonds. The molecule has 0 aromatic rings. The Morgan fingerprint density at radius 2 is 1.94 bits per heavy atom. The van der Waals surface area contributed by atoms with Crippen LogP contribution in [-0.2, 0) is 4.79 Å². The normalized spacial score (nSPS) is 18.5. The second-order valence-electron chi connectivity index (χ2n) is 5.57. The predicted molar refractivity (Wildman–Crippen MR) is 76.5 cm³/mol. The van der Waals surface area contributed by atoms with E-state index < -0.39 is 5.60 Å². The molecule has 2 nitrogen and oxygen atoms in total. The van der Waals surface area contributed by atoms with E-state index in [1.54, 1.807) is 0 Å². The largest absolute Gasteiger partial charge is 0.390 e. The number of carbonyl (C=O) groups excluding carboxylic acids is 1. The van der Waals surface area contributed by atoms with Gasteiger partial charge in [0.15, 0.2) is 0 Å². The van der Waals surface area contributed by atoms with Crippen LogP contribution in [0.25, 0.3) is 0 Å². The Labute approximate surface area is 114 Å². The molecule has 0 rings (SSSR count). The first-order chi connectivity index (χ1) is 7.82. The molecule has 0 bridgehead atoms. The zero-order chi connectivity index (χ0) is 13.5. The quantitative estimate of drug-likeness (QED) is 0.655. The number of alkyl halides is 1. The number of halogens is 1. The molecule has 0 saturated carbocycles. The van der Waals surface area contributed by atoms with Crippen molar-refractivity contribution in [1.29, 1.82) is 0 Å². The first kappa shape index (κ1) is 17.1. The van der Waals surface area contributed by atoms with Crippen LogP contribution in [0.15, 0.2) is 0 Å². The summed E-state index contributed by atoms with van der Waals surface area (Å²) in [4.78, 5) is 11.2. The number of carbonyl (C=O) groups is 1. The molecule has 1 unspecified atom stereocenters. The molecule has 17 heavy (non-hydrogen) atoms. The van der Waals surface area contributed by atoms with Gasteiger partial charge in [0.05, 0.1) is 10.9 Å². The lowest BCUT2D eigenvalue weighted by Gasteiger charge is -2.29. The Balaban J connectivity index is 3.89. The number of Topliss-reactive ketones (excluding diaryl/α,β-unsaturated/α-hetero) is 1. The zero-order valence-corrected chi connectivity index (χ0v) is 13.2. The predicted octanol–water partition coefficient (Wildman–Crippen LogP) is 3.94. The minimum Gasteiger partial charge on any atom is -0.390 e. The standard InChI is InChI=1S/C14H27BrO2/c1-5-14(4,17)9-12(3)11(2)7-6-8-13(16)10-15/h11-12,17H,5-10H2,1-4H3/t11-,12-,14?/m0/s1. The van der Waals surface area contributed by atoms with Crippen molar-refractivity contribution in [1.82, 2.24) is 0 Å². The summed E-state index contributed by atoms with van der Waals surface area (Å²) in [5.41, 5.74) is -0.542. The molecule has 0 aliphatic heterocycles. The van der Waals surface area contributed by atoms with Gasteiger partial charge < -0.3 is 5.11 Å². The van der Waals surface area contributed by atoms with Crippen LogP contribution in [0.2, 0.25) is 0 Å². The molecular formula is C14H27BrO2. The monoisotopic (exact) mass is 306 g/mol. The van der Waals surface area contributed by atoms with E-state index in [1.807, 2.05) is 13.8 Å². The van der Waals surface area contributed by atoms with Crippen LogP contribution in [0.1, 0.15) is 59.8 Å².